The van der Waals surface area contributed by atoms with Crippen LogP contribution in [0.2, 0.25) is 0 Å². The summed E-state index contributed by atoms with van der Waals surface area (Å²) in [6.07, 6.45) is 5.80. The van der Waals surface area contributed by atoms with Gasteiger partial charge in [-0.2, -0.15) is 5.10 Å². The molecule has 8 heteroatoms. The standard InChI is InChI=1S/C16H22N6O2/c1-4-11(2)19-15(23)12(3)20-16(24)21-13-6-7-14(17-10-13)22-9-5-8-18-22/h5-12H,4H2,1-3H3,(H,19,23)(H2,20,21,24)/t11-,12+/m0/s1. The van der Waals surface area contributed by atoms with Gasteiger partial charge in [0.1, 0.15) is 6.04 Å². The van der Waals surface area contributed by atoms with Crippen LogP contribution in [0.5, 0.6) is 0 Å². The minimum Gasteiger partial charge on any atom is -0.352 e. The van der Waals surface area contributed by atoms with Gasteiger partial charge in [-0.15, -0.1) is 0 Å². The lowest BCUT2D eigenvalue weighted by molar-refractivity contribution is -0.123. The highest BCUT2D eigenvalue weighted by Crippen LogP contribution is 2.08. The summed E-state index contributed by atoms with van der Waals surface area (Å²) in [6, 6.07) is 4.23. The minimum atomic E-state index is -0.629. The zero-order valence-corrected chi connectivity index (χ0v) is 14.0. The van der Waals surface area contributed by atoms with E-state index in [1.165, 1.54) is 6.20 Å². The molecular weight excluding hydrogens is 308 g/mol. The van der Waals surface area contributed by atoms with Crippen molar-refractivity contribution in [1.82, 2.24) is 25.4 Å². The molecule has 0 spiro atoms. The fourth-order valence-electron chi connectivity index (χ4n) is 1.90. The second kappa shape index (κ2) is 8.09. The van der Waals surface area contributed by atoms with Crippen LogP contribution in [0.4, 0.5) is 10.5 Å². The highest BCUT2D eigenvalue weighted by atomic mass is 16.2. The topological polar surface area (TPSA) is 101 Å². The number of hydrogen-bond acceptors (Lipinski definition) is 4. The highest BCUT2D eigenvalue weighted by molar-refractivity contribution is 5.93. The minimum absolute atomic E-state index is 0.0730. The molecule has 3 amide bonds. The van der Waals surface area contributed by atoms with Crippen molar-refractivity contribution in [3.8, 4) is 5.82 Å². The Balaban J connectivity index is 1.87. The first-order valence-electron chi connectivity index (χ1n) is 7.83. The number of urea groups is 1. The van der Waals surface area contributed by atoms with E-state index < -0.39 is 12.1 Å². The smallest absolute Gasteiger partial charge is 0.319 e. The molecular formula is C16H22N6O2. The Morgan fingerprint density at radius 3 is 2.62 bits per heavy atom. The maximum absolute atomic E-state index is 11.9. The van der Waals surface area contributed by atoms with Gasteiger partial charge in [0, 0.05) is 18.4 Å². The van der Waals surface area contributed by atoms with Crippen LogP contribution in [0.1, 0.15) is 27.2 Å². The third-order valence-electron chi connectivity index (χ3n) is 3.49. The molecule has 2 aromatic heterocycles. The Bertz CT molecular complexity index is 668. The van der Waals surface area contributed by atoms with E-state index >= 15 is 0 Å². The average Bonchev–Trinajstić information content (AvgIpc) is 3.09. The van der Waals surface area contributed by atoms with Crippen molar-refractivity contribution in [3.63, 3.8) is 0 Å². The SMILES string of the molecule is CC[C@H](C)NC(=O)[C@@H](C)NC(=O)Nc1ccc(-n2cccn2)nc1. The van der Waals surface area contributed by atoms with Crippen LogP contribution >= 0.6 is 0 Å². The molecule has 0 aliphatic carbocycles. The molecule has 2 aromatic rings. The number of carbonyl (C=O) groups is 2. The zero-order chi connectivity index (χ0) is 17.5. The van der Waals surface area contributed by atoms with Crippen LogP contribution in [0.25, 0.3) is 5.82 Å². The molecule has 0 bridgehead atoms. The summed E-state index contributed by atoms with van der Waals surface area (Å²) in [6.45, 7) is 5.53. The van der Waals surface area contributed by atoms with E-state index in [0.29, 0.717) is 11.5 Å². The molecule has 24 heavy (non-hydrogen) atoms. The maximum atomic E-state index is 11.9. The second-order valence-electron chi connectivity index (χ2n) is 5.49. The molecule has 0 saturated heterocycles. The van der Waals surface area contributed by atoms with Gasteiger partial charge in [-0.3, -0.25) is 4.79 Å². The summed E-state index contributed by atoms with van der Waals surface area (Å²) in [5.41, 5.74) is 0.526. The van der Waals surface area contributed by atoms with Gasteiger partial charge in [0.15, 0.2) is 5.82 Å². The molecule has 2 rings (SSSR count). The molecule has 0 fully saturated rings. The predicted molar refractivity (Wildman–Crippen MR) is 90.9 cm³/mol. The molecule has 0 aliphatic rings. The first-order valence-corrected chi connectivity index (χ1v) is 7.83. The lowest BCUT2D eigenvalue weighted by Crippen LogP contribution is -2.48. The number of amides is 3. The lowest BCUT2D eigenvalue weighted by Gasteiger charge is -2.17. The Hall–Kier alpha value is -2.90. The summed E-state index contributed by atoms with van der Waals surface area (Å²) in [7, 11) is 0. The summed E-state index contributed by atoms with van der Waals surface area (Å²) in [5, 5.41) is 12.1. The Morgan fingerprint density at radius 2 is 2.04 bits per heavy atom. The molecule has 8 nitrogen and oxygen atoms in total. The predicted octanol–water partition coefficient (Wildman–Crippen LogP) is 1.69. The van der Waals surface area contributed by atoms with Gasteiger partial charge < -0.3 is 16.0 Å². The largest absolute Gasteiger partial charge is 0.352 e. The molecule has 0 saturated carbocycles. The third kappa shape index (κ3) is 4.80. The summed E-state index contributed by atoms with van der Waals surface area (Å²) < 4.78 is 1.62. The highest BCUT2D eigenvalue weighted by Gasteiger charge is 2.16. The molecule has 2 atom stereocenters. The van der Waals surface area contributed by atoms with Crippen LogP contribution in [-0.4, -0.2) is 38.8 Å². The Kier molecular flexibility index (Phi) is 5.89. The molecule has 128 valence electrons. The zero-order valence-electron chi connectivity index (χ0n) is 14.0. The third-order valence-corrected chi connectivity index (χ3v) is 3.49. The number of anilines is 1. The van der Waals surface area contributed by atoms with Gasteiger partial charge in [0.25, 0.3) is 0 Å². The van der Waals surface area contributed by atoms with Crippen molar-refractivity contribution in [1.29, 1.82) is 0 Å². The Labute approximate surface area is 140 Å². The number of aromatic nitrogens is 3. The van der Waals surface area contributed by atoms with Crippen LogP contribution in [0, 0.1) is 0 Å². The number of nitrogens with zero attached hydrogens (tertiary/aromatic N) is 3. The van der Waals surface area contributed by atoms with Gasteiger partial charge in [-0.1, -0.05) is 6.92 Å². The Morgan fingerprint density at radius 1 is 1.25 bits per heavy atom. The molecule has 2 heterocycles. The van der Waals surface area contributed by atoms with E-state index in [-0.39, 0.29) is 11.9 Å². The summed E-state index contributed by atoms with van der Waals surface area (Å²) >= 11 is 0. The number of rotatable bonds is 6. The molecule has 0 aliphatic heterocycles. The monoisotopic (exact) mass is 330 g/mol. The van der Waals surface area contributed by atoms with Crippen LogP contribution in [-0.2, 0) is 4.79 Å². The quantitative estimate of drug-likeness (QED) is 0.750. The van der Waals surface area contributed by atoms with Gasteiger partial charge in [-0.25, -0.2) is 14.5 Å². The van der Waals surface area contributed by atoms with Crippen LogP contribution in [0.15, 0.2) is 36.8 Å². The van der Waals surface area contributed by atoms with E-state index in [9.17, 15) is 9.59 Å². The van der Waals surface area contributed by atoms with Crippen molar-refractivity contribution in [2.24, 2.45) is 0 Å². The fraction of sp³-hybridized carbons (Fsp3) is 0.375. The average molecular weight is 330 g/mol. The summed E-state index contributed by atoms with van der Waals surface area (Å²) in [4.78, 5) is 28.1. The van der Waals surface area contributed by atoms with Crippen molar-refractivity contribution >= 4 is 17.6 Å². The maximum Gasteiger partial charge on any atom is 0.319 e. The van der Waals surface area contributed by atoms with E-state index in [1.54, 1.807) is 42.2 Å². The number of pyridine rings is 1. The molecule has 0 unspecified atom stereocenters. The van der Waals surface area contributed by atoms with Crippen molar-refractivity contribution in [2.45, 2.75) is 39.3 Å². The van der Waals surface area contributed by atoms with Gasteiger partial charge in [0.05, 0.1) is 11.9 Å². The molecule has 0 radical (unpaired) electrons. The fourth-order valence-corrected chi connectivity index (χ4v) is 1.90. The van der Waals surface area contributed by atoms with E-state index in [2.05, 4.69) is 26.0 Å². The van der Waals surface area contributed by atoms with Crippen LogP contribution < -0.4 is 16.0 Å². The van der Waals surface area contributed by atoms with Crippen LogP contribution in [0.3, 0.4) is 0 Å². The summed E-state index contributed by atoms with van der Waals surface area (Å²) in [5.74, 6) is 0.430. The van der Waals surface area contributed by atoms with Gasteiger partial charge in [0.2, 0.25) is 5.91 Å². The van der Waals surface area contributed by atoms with Crippen molar-refractivity contribution in [3.05, 3.63) is 36.8 Å². The molecule has 3 N–H and O–H groups in total. The lowest BCUT2D eigenvalue weighted by atomic mass is 10.2. The van der Waals surface area contributed by atoms with Crippen molar-refractivity contribution < 1.29 is 9.59 Å². The van der Waals surface area contributed by atoms with Crippen molar-refractivity contribution in [2.75, 3.05) is 5.32 Å². The van der Waals surface area contributed by atoms with E-state index in [4.69, 9.17) is 0 Å². The van der Waals surface area contributed by atoms with E-state index in [1.807, 2.05) is 13.8 Å². The first kappa shape index (κ1) is 17.5. The first-order chi connectivity index (χ1) is 11.5. The normalized spacial score (nSPS) is 13.0. The number of carbonyl (C=O) groups excluding carboxylic acids is 2. The molecule has 0 aromatic carbocycles. The van der Waals surface area contributed by atoms with Gasteiger partial charge >= 0.3 is 6.03 Å². The van der Waals surface area contributed by atoms with E-state index in [0.717, 1.165) is 6.42 Å². The van der Waals surface area contributed by atoms with Gasteiger partial charge in [-0.05, 0) is 38.5 Å². The number of nitrogens with one attached hydrogen (secondary N) is 3. The second-order valence-corrected chi connectivity index (χ2v) is 5.49. The number of hydrogen-bond donors (Lipinski definition) is 3.